The standard InChI is InChI=1S/C11H17NO2/c1-10(2)7-4-5-11(6-7,8(10)13)9(14)12-3/h7H,4-6H2,1-3H3,(H,12,14)/t7-,11-/m1/s1. The first-order chi connectivity index (χ1) is 6.45. The molecular formula is C11H17NO2. The number of ketones is 1. The molecule has 3 heteroatoms. The van der Waals surface area contributed by atoms with Crippen LogP contribution in [0.2, 0.25) is 0 Å². The van der Waals surface area contributed by atoms with E-state index >= 15 is 0 Å². The van der Waals surface area contributed by atoms with Crippen molar-refractivity contribution >= 4 is 11.7 Å². The van der Waals surface area contributed by atoms with Crippen LogP contribution in [0, 0.1) is 16.7 Å². The Balaban J connectivity index is 2.40. The van der Waals surface area contributed by atoms with E-state index < -0.39 is 5.41 Å². The molecule has 2 fully saturated rings. The van der Waals surface area contributed by atoms with Gasteiger partial charge in [-0.05, 0) is 25.2 Å². The Bertz CT molecular complexity index is 308. The van der Waals surface area contributed by atoms with Gasteiger partial charge in [0.15, 0.2) is 5.78 Å². The summed E-state index contributed by atoms with van der Waals surface area (Å²) < 4.78 is 0. The first-order valence-corrected chi connectivity index (χ1v) is 5.22. The molecule has 1 N–H and O–H groups in total. The van der Waals surface area contributed by atoms with Crippen LogP contribution in [0.4, 0.5) is 0 Å². The monoisotopic (exact) mass is 195 g/mol. The minimum atomic E-state index is -0.678. The maximum Gasteiger partial charge on any atom is 0.233 e. The molecule has 0 aromatic heterocycles. The van der Waals surface area contributed by atoms with Crippen LogP contribution in [0.5, 0.6) is 0 Å². The van der Waals surface area contributed by atoms with Crippen LogP contribution in [0.15, 0.2) is 0 Å². The molecule has 2 atom stereocenters. The van der Waals surface area contributed by atoms with E-state index in [1.807, 2.05) is 13.8 Å². The molecule has 0 aromatic rings. The highest BCUT2D eigenvalue weighted by Crippen LogP contribution is 2.60. The smallest absolute Gasteiger partial charge is 0.233 e. The highest BCUT2D eigenvalue weighted by atomic mass is 16.2. The highest BCUT2D eigenvalue weighted by molar-refractivity contribution is 6.10. The van der Waals surface area contributed by atoms with Gasteiger partial charge in [-0.25, -0.2) is 0 Å². The molecule has 0 saturated heterocycles. The molecule has 0 aromatic carbocycles. The number of nitrogens with one attached hydrogen (secondary N) is 1. The van der Waals surface area contributed by atoms with Crippen LogP contribution in [0.25, 0.3) is 0 Å². The Kier molecular flexibility index (Phi) is 1.79. The van der Waals surface area contributed by atoms with Crippen molar-refractivity contribution in [2.75, 3.05) is 7.05 Å². The zero-order valence-electron chi connectivity index (χ0n) is 9.02. The van der Waals surface area contributed by atoms with E-state index in [1.165, 1.54) is 0 Å². The summed E-state index contributed by atoms with van der Waals surface area (Å²) in [4.78, 5) is 23.9. The molecule has 0 unspecified atom stereocenters. The van der Waals surface area contributed by atoms with E-state index in [2.05, 4.69) is 5.32 Å². The Labute approximate surface area is 84.2 Å². The number of hydrogen-bond donors (Lipinski definition) is 1. The molecule has 2 aliphatic carbocycles. The van der Waals surface area contributed by atoms with E-state index in [-0.39, 0.29) is 17.1 Å². The average Bonchev–Trinajstić information content (AvgIpc) is 2.66. The average molecular weight is 195 g/mol. The minimum absolute atomic E-state index is 0.0735. The van der Waals surface area contributed by atoms with Gasteiger partial charge >= 0.3 is 0 Å². The van der Waals surface area contributed by atoms with Gasteiger partial charge in [-0.2, -0.15) is 0 Å². The molecule has 1 amide bonds. The van der Waals surface area contributed by atoms with Crippen LogP contribution < -0.4 is 5.32 Å². The number of fused-ring (bicyclic) bond motifs is 2. The van der Waals surface area contributed by atoms with Gasteiger partial charge in [0.2, 0.25) is 5.91 Å². The van der Waals surface area contributed by atoms with E-state index in [4.69, 9.17) is 0 Å². The third-order valence-corrected chi connectivity index (χ3v) is 4.22. The maximum absolute atomic E-state index is 12.1. The Morgan fingerprint density at radius 2 is 2.14 bits per heavy atom. The molecule has 2 saturated carbocycles. The summed E-state index contributed by atoms with van der Waals surface area (Å²) in [7, 11) is 1.61. The molecule has 0 heterocycles. The predicted octanol–water partition coefficient (Wildman–Crippen LogP) is 1.13. The second-order valence-corrected chi connectivity index (χ2v) is 5.15. The molecular weight excluding hydrogens is 178 g/mol. The first-order valence-electron chi connectivity index (χ1n) is 5.22. The van der Waals surface area contributed by atoms with Crippen molar-refractivity contribution in [2.45, 2.75) is 33.1 Å². The normalized spacial score (nSPS) is 38.8. The van der Waals surface area contributed by atoms with Crippen molar-refractivity contribution in [1.82, 2.24) is 5.32 Å². The van der Waals surface area contributed by atoms with Crippen molar-refractivity contribution in [1.29, 1.82) is 0 Å². The van der Waals surface area contributed by atoms with Gasteiger partial charge in [0.05, 0.1) is 0 Å². The maximum atomic E-state index is 12.1. The summed E-state index contributed by atoms with van der Waals surface area (Å²) in [6.45, 7) is 3.95. The van der Waals surface area contributed by atoms with Gasteiger partial charge < -0.3 is 5.32 Å². The largest absolute Gasteiger partial charge is 0.358 e. The lowest BCUT2D eigenvalue weighted by Crippen LogP contribution is -2.46. The molecule has 2 aliphatic rings. The van der Waals surface area contributed by atoms with E-state index in [0.29, 0.717) is 5.92 Å². The number of hydrogen-bond acceptors (Lipinski definition) is 2. The van der Waals surface area contributed by atoms with Crippen molar-refractivity contribution in [3.05, 3.63) is 0 Å². The zero-order valence-corrected chi connectivity index (χ0v) is 9.02. The fraction of sp³-hybridized carbons (Fsp3) is 0.818. The zero-order chi connectivity index (χ0) is 10.6. The molecule has 78 valence electrons. The van der Waals surface area contributed by atoms with Crippen molar-refractivity contribution in [3.63, 3.8) is 0 Å². The SMILES string of the molecule is CNC(=O)[C@]12CC[C@H](C1)C(C)(C)C2=O. The van der Waals surface area contributed by atoms with Gasteiger partial charge in [0, 0.05) is 12.5 Å². The van der Waals surface area contributed by atoms with Gasteiger partial charge in [0.25, 0.3) is 0 Å². The third kappa shape index (κ3) is 0.877. The van der Waals surface area contributed by atoms with E-state index in [9.17, 15) is 9.59 Å². The Hall–Kier alpha value is -0.860. The van der Waals surface area contributed by atoms with E-state index in [1.54, 1.807) is 7.05 Å². The molecule has 14 heavy (non-hydrogen) atoms. The lowest BCUT2D eigenvalue weighted by molar-refractivity contribution is -0.144. The van der Waals surface area contributed by atoms with Gasteiger partial charge in [-0.1, -0.05) is 13.8 Å². The highest BCUT2D eigenvalue weighted by Gasteiger charge is 2.64. The molecule has 0 radical (unpaired) electrons. The van der Waals surface area contributed by atoms with Gasteiger partial charge in [-0.15, -0.1) is 0 Å². The topological polar surface area (TPSA) is 46.2 Å². The summed E-state index contributed by atoms with van der Waals surface area (Å²) in [5.41, 5.74) is -0.965. The second-order valence-electron chi connectivity index (χ2n) is 5.15. The Morgan fingerprint density at radius 3 is 2.57 bits per heavy atom. The molecule has 3 nitrogen and oxygen atoms in total. The molecule has 2 bridgehead atoms. The fourth-order valence-electron chi connectivity index (χ4n) is 3.22. The van der Waals surface area contributed by atoms with Crippen LogP contribution in [-0.2, 0) is 9.59 Å². The van der Waals surface area contributed by atoms with Crippen LogP contribution in [0.3, 0.4) is 0 Å². The van der Waals surface area contributed by atoms with Crippen LogP contribution >= 0.6 is 0 Å². The first kappa shape index (κ1) is 9.69. The lowest BCUT2D eigenvalue weighted by atomic mass is 9.70. The van der Waals surface area contributed by atoms with Crippen molar-refractivity contribution in [3.8, 4) is 0 Å². The quantitative estimate of drug-likeness (QED) is 0.637. The second kappa shape index (κ2) is 2.59. The summed E-state index contributed by atoms with van der Waals surface area (Å²) >= 11 is 0. The summed E-state index contributed by atoms with van der Waals surface area (Å²) in [5.74, 6) is 0.489. The summed E-state index contributed by atoms with van der Waals surface area (Å²) in [5, 5.41) is 2.63. The Morgan fingerprint density at radius 1 is 1.50 bits per heavy atom. The fourth-order valence-corrected chi connectivity index (χ4v) is 3.22. The molecule has 0 aliphatic heterocycles. The summed E-state index contributed by atoms with van der Waals surface area (Å²) in [6, 6.07) is 0. The van der Waals surface area contributed by atoms with Crippen molar-refractivity contribution < 1.29 is 9.59 Å². The van der Waals surface area contributed by atoms with Crippen LogP contribution in [0.1, 0.15) is 33.1 Å². The van der Waals surface area contributed by atoms with E-state index in [0.717, 1.165) is 19.3 Å². The lowest BCUT2D eigenvalue weighted by Gasteiger charge is -2.32. The number of Topliss-reactive ketones (excluding diaryl/α,β-unsaturated/α-hetero) is 1. The molecule has 2 rings (SSSR count). The predicted molar refractivity (Wildman–Crippen MR) is 52.6 cm³/mol. The van der Waals surface area contributed by atoms with Gasteiger partial charge in [-0.3, -0.25) is 9.59 Å². The summed E-state index contributed by atoms with van der Waals surface area (Å²) in [6.07, 6.45) is 2.53. The number of amides is 1. The number of carbonyl (C=O) groups excluding carboxylic acids is 2. The van der Waals surface area contributed by atoms with Crippen LogP contribution in [-0.4, -0.2) is 18.7 Å². The van der Waals surface area contributed by atoms with Gasteiger partial charge in [0.1, 0.15) is 5.41 Å². The molecule has 0 spiro atoms. The van der Waals surface area contributed by atoms with Crippen molar-refractivity contribution in [2.24, 2.45) is 16.7 Å². The third-order valence-electron chi connectivity index (χ3n) is 4.22. The number of carbonyl (C=O) groups is 2. The minimum Gasteiger partial charge on any atom is -0.358 e. The number of rotatable bonds is 1.